The predicted octanol–water partition coefficient (Wildman–Crippen LogP) is 6.16. The second-order valence-corrected chi connectivity index (χ2v) is 11.7. The molecule has 1 amide bonds. The first-order valence-electron chi connectivity index (χ1n) is 13.5. The highest BCUT2D eigenvalue weighted by Crippen LogP contribution is 2.28. The van der Waals surface area contributed by atoms with Gasteiger partial charge in [0.25, 0.3) is 0 Å². The van der Waals surface area contributed by atoms with E-state index in [9.17, 15) is 18.8 Å². The lowest BCUT2D eigenvalue weighted by atomic mass is 10.1. The number of pyridine rings is 1. The van der Waals surface area contributed by atoms with Crippen LogP contribution in [0.5, 0.6) is 5.75 Å². The first kappa shape index (κ1) is 30.6. The molecule has 0 aliphatic carbocycles. The molecule has 0 fully saturated rings. The monoisotopic (exact) mass is 592 g/mol. The van der Waals surface area contributed by atoms with E-state index in [0.29, 0.717) is 17.8 Å². The van der Waals surface area contributed by atoms with Crippen LogP contribution in [0.4, 0.5) is 9.18 Å². The summed E-state index contributed by atoms with van der Waals surface area (Å²) < 4.78 is 26.3. The maximum absolute atomic E-state index is 14.0. The largest absolute Gasteiger partial charge is 0.483 e. The fraction of sp³-hybridized carbons (Fsp3) is 0.323. The van der Waals surface area contributed by atoms with Crippen LogP contribution in [0, 0.1) is 5.82 Å². The lowest BCUT2D eigenvalue weighted by Gasteiger charge is -2.28. The van der Waals surface area contributed by atoms with Gasteiger partial charge in [-0.3, -0.25) is 9.59 Å². The minimum Gasteiger partial charge on any atom is -0.483 e. The molecule has 0 aliphatic heterocycles. The maximum Gasteiger partial charge on any atom is 0.429 e. The number of Topliss-reactive ketones (excluding diaryl/α,β-unsaturated/α-hetero) is 1. The van der Waals surface area contributed by atoms with Crippen LogP contribution in [-0.2, 0) is 17.8 Å². The Balaban J connectivity index is 1.84. The zero-order valence-corrected chi connectivity index (χ0v) is 25.0. The minimum absolute atomic E-state index is 0.0219. The van der Waals surface area contributed by atoms with E-state index in [2.05, 4.69) is 10.2 Å². The summed E-state index contributed by atoms with van der Waals surface area (Å²) in [6.07, 6.45) is 1.70. The van der Waals surface area contributed by atoms with E-state index in [1.165, 1.54) is 41.4 Å². The van der Waals surface area contributed by atoms with Crippen LogP contribution in [0.1, 0.15) is 67.2 Å². The van der Waals surface area contributed by atoms with Crippen LogP contribution < -0.4 is 15.2 Å². The van der Waals surface area contributed by atoms with Crippen molar-refractivity contribution in [3.8, 4) is 16.3 Å². The number of hydrogen-bond acceptors (Lipinski definition) is 8. The number of hydrogen-bond donors (Lipinski definition) is 0. The van der Waals surface area contributed by atoms with Crippen molar-refractivity contribution in [1.29, 1.82) is 0 Å². The van der Waals surface area contributed by atoms with Gasteiger partial charge in [0.05, 0.1) is 5.56 Å². The highest BCUT2D eigenvalue weighted by atomic mass is 32.1. The Hall–Kier alpha value is -4.38. The topological polar surface area (TPSA) is 104 Å². The van der Waals surface area contributed by atoms with E-state index >= 15 is 0 Å². The first-order valence-corrected chi connectivity index (χ1v) is 14.3. The molecule has 2 aromatic carbocycles. The van der Waals surface area contributed by atoms with Gasteiger partial charge in [-0.25, -0.2) is 18.9 Å². The van der Waals surface area contributed by atoms with Gasteiger partial charge in [-0.1, -0.05) is 60.7 Å². The molecule has 0 saturated heterocycles. The van der Waals surface area contributed by atoms with Crippen LogP contribution in [0.2, 0.25) is 0 Å². The molecule has 0 aliphatic rings. The van der Waals surface area contributed by atoms with Crippen LogP contribution in [0.25, 0.3) is 10.6 Å². The van der Waals surface area contributed by atoms with Crippen molar-refractivity contribution in [2.45, 2.75) is 59.2 Å². The Morgan fingerprint density at radius 1 is 1.02 bits per heavy atom. The van der Waals surface area contributed by atoms with Crippen molar-refractivity contribution >= 4 is 23.2 Å². The number of carbonyl (C=O) groups excluding carboxylic acids is 2. The van der Waals surface area contributed by atoms with Crippen LogP contribution in [0.3, 0.4) is 0 Å². The van der Waals surface area contributed by atoms with Crippen LogP contribution in [0.15, 0.2) is 65.6 Å². The Kier molecular flexibility index (Phi) is 9.52. The second kappa shape index (κ2) is 13.1. The zero-order valence-electron chi connectivity index (χ0n) is 24.2. The Morgan fingerprint density at radius 2 is 1.71 bits per heavy atom. The number of rotatable bonds is 10. The van der Waals surface area contributed by atoms with Gasteiger partial charge in [0.1, 0.15) is 23.0 Å². The summed E-state index contributed by atoms with van der Waals surface area (Å²) >= 11 is 1.18. The third-order valence-corrected chi connectivity index (χ3v) is 7.02. The normalized spacial score (nSPS) is 11.3. The maximum atomic E-state index is 14.0. The molecule has 9 nitrogen and oxygen atoms in total. The van der Waals surface area contributed by atoms with Gasteiger partial charge in [0.15, 0.2) is 22.2 Å². The molecule has 0 radical (unpaired) electrons. The van der Waals surface area contributed by atoms with Crippen LogP contribution in [-0.4, -0.2) is 39.4 Å². The summed E-state index contributed by atoms with van der Waals surface area (Å²) in [5.74, 6) is -0.901. The molecule has 0 saturated carbocycles. The summed E-state index contributed by atoms with van der Waals surface area (Å²) in [6, 6.07) is 15.3. The number of nitrogens with zero attached hydrogens (tertiary/aromatic N) is 4. The van der Waals surface area contributed by atoms with Crippen molar-refractivity contribution in [2.24, 2.45) is 0 Å². The van der Waals surface area contributed by atoms with E-state index in [4.69, 9.17) is 9.47 Å². The minimum atomic E-state index is -0.804. The SMILES string of the molecule is CCCC(=O)c1c(OCc2ccccc2)c(=O)c(-c2nnc(Cc3ccc(F)cc3)s2)cn1N(C)C(=O)OC(C)(C)C. The Labute approximate surface area is 247 Å². The molecule has 0 atom stereocenters. The molecular weight excluding hydrogens is 559 g/mol. The molecule has 2 heterocycles. The molecule has 4 rings (SSSR count). The van der Waals surface area contributed by atoms with E-state index in [0.717, 1.165) is 16.1 Å². The smallest absolute Gasteiger partial charge is 0.429 e. The standard InChI is InChI=1S/C31H33FN4O5S/c1-6-10-24(37)26-28(40-19-21-11-8-7-9-12-21)27(38)23(18-36(26)35(5)30(39)41-31(2,3)4)29-34-33-25(42-29)17-20-13-15-22(32)16-14-20/h7-9,11-16,18H,6,10,17,19H2,1-5H3. The van der Waals surface area contributed by atoms with Gasteiger partial charge >= 0.3 is 6.09 Å². The van der Waals surface area contributed by atoms with Gasteiger partial charge in [-0.2, -0.15) is 0 Å². The number of amides is 1. The molecule has 0 unspecified atom stereocenters. The average molecular weight is 593 g/mol. The number of aromatic nitrogens is 3. The average Bonchev–Trinajstić information content (AvgIpc) is 3.40. The van der Waals surface area contributed by atoms with Crippen molar-refractivity contribution in [2.75, 3.05) is 12.1 Å². The number of ether oxygens (including phenoxy) is 2. The fourth-order valence-electron chi connectivity index (χ4n) is 4.06. The van der Waals surface area contributed by atoms with E-state index < -0.39 is 17.1 Å². The summed E-state index contributed by atoms with van der Waals surface area (Å²) in [4.78, 5) is 40.6. The van der Waals surface area contributed by atoms with Gasteiger partial charge in [0, 0.05) is 26.1 Å². The lowest BCUT2D eigenvalue weighted by Crippen LogP contribution is -2.43. The molecule has 2 aromatic heterocycles. The van der Waals surface area contributed by atoms with Gasteiger partial charge in [-0.15, -0.1) is 10.2 Å². The number of carbonyl (C=O) groups is 2. The molecule has 0 spiro atoms. The summed E-state index contributed by atoms with van der Waals surface area (Å²) in [6.45, 7) is 7.07. The Morgan fingerprint density at radius 3 is 2.36 bits per heavy atom. The predicted molar refractivity (Wildman–Crippen MR) is 159 cm³/mol. The van der Waals surface area contributed by atoms with Crippen molar-refractivity contribution in [3.63, 3.8) is 0 Å². The van der Waals surface area contributed by atoms with Gasteiger partial charge in [-0.05, 0) is 50.5 Å². The van der Waals surface area contributed by atoms with E-state index in [1.807, 2.05) is 37.3 Å². The van der Waals surface area contributed by atoms with Gasteiger partial charge < -0.3 is 9.47 Å². The fourth-order valence-corrected chi connectivity index (χ4v) is 4.94. The third kappa shape index (κ3) is 7.47. The second-order valence-electron chi connectivity index (χ2n) is 10.6. The van der Waals surface area contributed by atoms with Crippen molar-refractivity contribution in [3.05, 3.63) is 98.7 Å². The Bertz CT molecular complexity index is 1610. The zero-order chi connectivity index (χ0) is 30.4. The number of halogens is 1. The molecule has 4 aromatic rings. The van der Waals surface area contributed by atoms with Crippen molar-refractivity contribution in [1.82, 2.24) is 14.9 Å². The highest BCUT2D eigenvalue weighted by molar-refractivity contribution is 7.14. The van der Waals surface area contributed by atoms with Gasteiger partial charge in [0.2, 0.25) is 5.43 Å². The third-order valence-electron chi connectivity index (χ3n) is 6.06. The first-order chi connectivity index (χ1) is 20.0. The van der Waals surface area contributed by atoms with Crippen LogP contribution >= 0.6 is 11.3 Å². The molecular formula is C31H33FN4O5S. The number of ketones is 1. The summed E-state index contributed by atoms with van der Waals surface area (Å²) in [5.41, 5.74) is 0.301. The molecule has 0 N–H and O–H groups in total. The molecule has 42 heavy (non-hydrogen) atoms. The summed E-state index contributed by atoms with van der Waals surface area (Å²) in [5, 5.41) is 10.5. The summed E-state index contributed by atoms with van der Waals surface area (Å²) in [7, 11) is 1.45. The quantitative estimate of drug-likeness (QED) is 0.203. The number of benzene rings is 2. The highest BCUT2D eigenvalue weighted by Gasteiger charge is 2.29. The van der Waals surface area contributed by atoms with Crippen molar-refractivity contribution < 1.29 is 23.5 Å². The lowest BCUT2D eigenvalue weighted by molar-refractivity contribution is 0.0548. The van der Waals surface area contributed by atoms with E-state index in [-0.39, 0.29) is 46.6 Å². The molecule has 0 bridgehead atoms. The van der Waals surface area contributed by atoms with E-state index in [1.54, 1.807) is 32.9 Å². The molecule has 220 valence electrons. The molecule has 11 heteroatoms.